The van der Waals surface area contributed by atoms with Crippen LogP contribution in [0.2, 0.25) is 5.02 Å². The van der Waals surface area contributed by atoms with Crippen LogP contribution in [0.15, 0.2) is 78.9 Å². The van der Waals surface area contributed by atoms with Gasteiger partial charge in [0, 0.05) is 29.2 Å². The Morgan fingerprint density at radius 2 is 1.67 bits per heavy atom. The number of nitrogens with zero attached hydrogens (tertiary/aromatic N) is 1. The quantitative estimate of drug-likeness (QED) is 0.391. The molecule has 1 atom stereocenters. The number of ketones is 1. The van der Waals surface area contributed by atoms with Gasteiger partial charge in [0.1, 0.15) is 0 Å². The van der Waals surface area contributed by atoms with Crippen molar-refractivity contribution in [1.82, 2.24) is 4.31 Å². The van der Waals surface area contributed by atoms with E-state index in [1.165, 1.54) is 10.4 Å². The lowest BCUT2D eigenvalue weighted by molar-refractivity contribution is -0.120. The zero-order valence-corrected chi connectivity index (χ0v) is 21.5. The molecule has 3 aromatic carbocycles. The predicted octanol–water partition coefficient (Wildman–Crippen LogP) is 5.18. The molecule has 1 aliphatic heterocycles. The molecule has 0 saturated carbocycles. The van der Waals surface area contributed by atoms with E-state index < -0.39 is 15.9 Å². The number of benzene rings is 3. The monoisotopic (exact) mass is 524 g/mol. The van der Waals surface area contributed by atoms with Crippen LogP contribution in [0.3, 0.4) is 0 Å². The highest BCUT2D eigenvalue weighted by molar-refractivity contribution is 7.89. The average molecular weight is 525 g/mol. The fraction of sp³-hybridized carbons (Fsp3) is 0.286. The number of hydrogen-bond donors (Lipinski definition) is 1. The number of piperidine rings is 1. The lowest BCUT2D eigenvalue weighted by Crippen LogP contribution is -2.44. The Labute approximate surface area is 217 Å². The summed E-state index contributed by atoms with van der Waals surface area (Å²) in [7, 11) is -3.47. The van der Waals surface area contributed by atoms with Crippen LogP contribution < -0.4 is 5.32 Å². The van der Waals surface area contributed by atoms with E-state index in [2.05, 4.69) is 5.32 Å². The van der Waals surface area contributed by atoms with Crippen LogP contribution in [0.1, 0.15) is 40.7 Å². The summed E-state index contributed by atoms with van der Waals surface area (Å²) in [6.45, 7) is 0.547. The highest BCUT2D eigenvalue weighted by Crippen LogP contribution is 2.26. The summed E-state index contributed by atoms with van der Waals surface area (Å²) < 4.78 is 27.4. The van der Waals surface area contributed by atoms with Gasteiger partial charge in [-0.15, -0.1) is 0 Å². The first-order chi connectivity index (χ1) is 17.3. The summed E-state index contributed by atoms with van der Waals surface area (Å²) in [6.07, 6.45) is 2.39. The van der Waals surface area contributed by atoms with E-state index in [1.54, 1.807) is 36.4 Å². The van der Waals surface area contributed by atoms with E-state index in [-0.39, 0.29) is 24.0 Å². The largest absolute Gasteiger partial charge is 0.325 e. The van der Waals surface area contributed by atoms with Crippen molar-refractivity contribution >= 4 is 39.0 Å². The molecular weight excluding hydrogens is 496 g/mol. The van der Waals surface area contributed by atoms with Crippen LogP contribution in [-0.4, -0.2) is 43.3 Å². The second-order valence-corrected chi connectivity index (χ2v) is 11.5. The maximum absolute atomic E-state index is 13.2. The van der Waals surface area contributed by atoms with Crippen LogP contribution in [0, 0.1) is 5.92 Å². The Morgan fingerprint density at radius 1 is 0.972 bits per heavy atom. The van der Waals surface area contributed by atoms with Crippen molar-refractivity contribution in [3.8, 4) is 0 Å². The molecule has 1 aliphatic rings. The van der Waals surface area contributed by atoms with Crippen LogP contribution in [0.5, 0.6) is 0 Å². The molecule has 1 fully saturated rings. The van der Waals surface area contributed by atoms with Crippen molar-refractivity contribution in [2.75, 3.05) is 24.2 Å². The van der Waals surface area contributed by atoms with Gasteiger partial charge in [0.05, 0.1) is 17.4 Å². The summed E-state index contributed by atoms with van der Waals surface area (Å²) in [5.41, 5.74) is 2.25. The van der Waals surface area contributed by atoms with Gasteiger partial charge in [-0.25, -0.2) is 12.7 Å². The van der Waals surface area contributed by atoms with Crippen molar-refractivity contribution in [1.29, 1.82) is 0 Å². The minimum Gasteiger partial charge on any atom is -0.325 e. The number of nitrogens with one attached hydrogen (secondary N) is 1. The Balaban J connectivity index is 1.41. The molecule has 1 heterocycles. The highest BCUT2D eigenvalue weighted by Gasteiger charge is 2.32. The Bertz CT molecular complexity index is 1310. The Morgan fingerprint density at radius 3 is 2.39 bits per heavy atom. The van der Waals surface area contributed by atoms with Crippen LogP contribution in [0.25, 0.3) is 0 Å². The third-order valence-electron chi connectivity index (χ3n) is 6.38. The summed E-state index contributed by atoms with van der Waals surface area (Å²) in [4.78, 5) is 26.2. The van der Waals surface area contributed by atoms with Crippen molar-refractivity contribution in [3.63, 3.8) is 0 Å². The van der Waals surface area contributed by atoms with Gasteiger partial charge in [0.15, 0.2) is 5.78 Å². The molecular formula is C28H29ClN2O4S. The van der Waals surface area contributed by atoms with E-state index in [9.17, 15) is 18.0 Å². The lowest BCUT2D eigenvalue weighted by Gasteiger charge is -2.31. The lowest BCUT2D eigenvalue weighted by atomic mass is 9.97. The first-order valence-corrected chi connectivity index (χ1v) is 14.0. The molecule has 1 N–H and O–H groups in total. The van der Waals surface area contributed by atoms with E-state index in [1.807, 2.05) is 36.4 Å². The summed E-state index contributed by atoms with van der Waals surface area (Å²) >= 11 is 6.15. The van der Waals surface area contributed by atoms with Crippen molar-refractivity contribution < 1.29 is 18.0 Å². The maximum atomic E-state index is 13.2. The maximum Gasteiger partial charge on any atom is 0.228 e. The number of aryl methyl sites for hydroxylation is 1. The zero-order valence-electron chi connectivity index (χ0n) is 19.9. The molecule has 4 rings (SSSR count). The summed E-state index contributed by atoms with van der Waals surface area (Å²) in [5, 5.41) is 3.24. The smallest absolute Gasteiger partial charge is 0.228 e. The predicted molar refractivity (Wildman–Crippen MR) is 143 cm³/mol. The molecule has 0 spiro atoms. The SMILES string of the molecule is O=C(c1ccccc1)c1cc(Cl)ccc1NC(=O)[C@@H]1CCCN(S(=O)(=O)CCCc2ccccc2)C1. The van der Waals surface area contributed by atoms with Gasteiger partial charge in [-0.3, -0.25) is 9.59 Å². The molecule has 3 aromatic rings. The average Bonchev–Trinajstić information content (AvgIpc) is 2.90. The Hall–Kier alpha value is -3.00. The number of amides is 1. The molecule has 0 aliphatic carbocycles. The van der Waals surface area contributed by atoms with Gasteiger partial charge in [-0.2, -0.15) is 0 Å². The second kappa shape index (κ2) is 11.8. The first-order valence-electron chi connectivity index (χ1n) is 12.1. The molecule has 6 nitrogen and oxygen atoms in total. The number of rotatable bonds is 9. The van der Waals surface area contributed by atoms with Gasteiger partial charge in [-0.05, 0) is 49.4 Å². The summed E-state index contributed by atoms with van der Waals surface area (Å²) in [5.74, 6) is -1.01. The van der Waals surface area contributed by atoms with Crippen molar-refractivity contribution in [2.24, 2.45) is 5.92 Å². The molecule has 0 aromatic heterocycles. The van der Waals surface area contributed by atoms with Gasteiger partial charge in [0.2, 0.25) is 15.9 Å². The van der Waals surface area contributed by atoms with Gasteiger partial charge in [0.25, 0.3) is 0 Å². The van der Waals surface area contributed by atoms with Gasteiger partial charge in [-0.1, -0.05) is 72.3 Å². The molecule has 0 unspecified atom stereocenters. The van der Waals surface area contributed by atoms with E-state index in [0.29, 0.717) is 54.1 Å². The summed E-state index contributed by atoms with van der Waals surface area (Å²) in [6, 6.07) is 23.3. The molecule has 1 saturated heterocycles. The number of carbonyl (C=O) groups excluding carboxylic acids is 2. The standard InChI is InChI=1S/C28H29ClN2O4S/c29-24-15-16-26(25(19-24)27(32)22-12-5-2-6-13-22)30-28(33)23-14-7-17-31(20-23)36(34,35)18-8-11-21-9-3-1-4-10-21/h1-6,9-10,12-13,15-16,19,23H,7-8,11,14,17-18,20H2,(H,30,33)/t23-/m1/s1. The number of halogens is 1. The van der Waals surface area contributed by atoms with E-state index in [0.717, 1.165) is 5.56 Å². The third-order valence-corrected chi connectivity index (χ3v) is 8.54. The zero-order chi connectivity index (χ0) is 25.5. The topological polar surface area (TPSA) is 83.6 Å². The van der Waals surface area contributed by atoms with Gasteiger partial charge < -0.3 is 5.32 Å². The van der Waals surface area contributed by atoms with Crippen LogP contribution >= 0.6 is 11.6 Å². The van der Waals surface area contributed by atoms with Crippen molar-refractivity contribution in [2.45, 2.75) is 25.7 Å². The van der Waals surface area contributed by atoms with Crippen molar-refractivity contribution in [3.05, 3.63) is 101 Å². The third kappa shape index (κ3) is 6.60. The van der Waals surface area contributed by atoms with Crippen LogP contribution in [-0.2, 0) is 21.2 Å². The second-order valence-electron chi connectivity index (χ2n) is 8.98. The van der Waals surface area contributed by atoms with E-state index >= 15 is 0 Å². The first kappa shape index (κ1) is 26.1. The molecule has 36 heavy (non-hydrogen) atoms. The fourth-order valence-corrected chi connectivity index (χ4v) is 6.19. The Kier molecular flexibility index (Phi) is 8.56. The highest BCUT2D eigenvalue weighted by atomic mass is 35.5. The number of anilines is 1. The fourth-order valence-electron chi connectivity index (χ4n) is 4.43. The van der Waals surface area contributed by atoms with E-state index in [4.69, 9.17) is 11.6 Å². The molecule has 0 bridgehead atoms. The van der Waals surface area contributed by atoms with Crippen LogP contribution in [0.4, 0.5) is 5.69 Å². The number of carbonyl (C=O) groups is 2. The number of hydrogen-bond acceptors (Lipinski definition) is 4. The molecule has 0 radical (unpaired) electrons. The minimum absolute atomic E-state index is 0.0448. The minimum atomic E-state index is -3.47. The molecule has 188 valence electrons. The molecule has 8 heteroatoms. The van der Waals surface area contributed by atoms with Gasteiger partial charge >= 0.3 is 0 Å². The molecule has 1 amide bonds. The number of sulfonamides is 1. The normalized spacial score (nSPS) is 16.4.